The number of nitrogens with zero attached hydrogens (tertiary/aromatic N) is 4. The molecule has 2 heterocycles. The van der Waals surface area contributed by atoms with Gasteiger partial charge in [0.2, 0.25) is 0 Å². The van der Waals surface area contributed by atoms with Crippen LogP contribution in [0.2, 0.25) is 5.02 Å². The Bertz CT molecular complexity index is 1260. The summed E-state index contributed by atoms with van der Waals surface area (Å²) in [6.07, 6.45) is 1.57. The number of amides is 2. The highest BCUT2D eigenvalue weighted by Gasteiger charge is 2.23. The van der Waals surface area contributed by atoms with Crippen LogP contribution in [-0.2, 0) is 0 Å². The molecule has 5 rings (SSSR count). The maximum Gasteiger partial charge on any atom is 0.321 e. The number of hydrogen-bond donors (Lipinski definition) is 1. The molecule has 2 amide bonds. The highest BCUT2D eigenvalue weighted by atomic mass is 35.5. The zero-order valence-electron chi connectivity index (χ0n) is 17.8. The molecule has 1 N–H and O–H groups in total. The van der Waals surface area contributed by atoms with Gasteiger partial charge in [-0.3, -0.25) is 0 Å². The largest absolute Gasteiger partial charge is 0.457 e. The number of rotatable bonds is 4. The molecule has 0 radical (unpaired) electrons. The number of piperazine rings is 1. The predicted molar refractivity (Wildman–Crippen MR) is 130 cm³/mol. The minimum Gasteiger partial charge on any atom is -0.457 e. The van der Waals surface area contributed by atoms with Gasteiger partial charge in [0.25, 0.3) is 0 Å². The SMILES string of the molecule is O=C(Nc1ccc(Oc2ccccc2)cc1)N1CCN(c2ncnc3ccc(Cl)cc23)CC1. The molecule has 0 saturated carbocycles. The van der Waals surface area contributed by atoms with Crippen molar-refractivity contribution in [3.8, 4) is 11.5 Å². The van der Waals surface area contributed by atoms with Crippen LogP contribution < -0.4 is 15.0 Å². The summed E-state index contributed by atoms with van der Waals surface area (Å²) < 4.78 is 5.80. The zero-order valence-corrected chi connectivity index (χ0v) is 18.6. The Balaban J connectivity index is 1.19. The van der Waals surface area contributed by atoms with Gasteiger partial charge in [0, 0.05) is 42.3 Å². The summed E-state index contributed by atoms with van der Waals surface area (Å²) in [5, 5.41) is 4.53. The van der Waals surface area contributed by atoms with Crippen LogP contribution in [0.25, 0.3) is 10.9 Å². The second kappa shape index (κ2) is 9.34. The molecule has 0 unspecified atom stereocenters. The fourth-order valence-corrected chi connectivity index (χ4v) is 3.99. The first kappa shape index (κ1) is 21.0. The lowest BCUT2D eigenvalue weighted by Crippen LogP contribution is -2.50. The maximum atomic E-state index is 12.8. The van der Waals surface area contributed by atoms with Crippen molar-refractivity contribution < 1.29 is 9.53 Å². The number of carbonyl (C=O) groups is 1. The number of para-hydroxylation sites is 1. The second-order valence-corrected chi connectivity index (χ2v) is 8.14. The highest BCUT2D eigenvalue weighted by molar-refractivity contribution is 6.31. The Kier molecular flexibility index (Phi) is 5.95. The van der Waals surface area contributed by atoms with Crippen molar-refractivity contribution in [1.82, 2.24) is 14.9 Å². The van der Waals surface area contributed by atoms with E-state index >= 15 is 0 Å². The van der Waals surface area contributed by atoms with Gasteiger partial charge in [-0.25, -0.2) is 14.8 Å². The van der Waals surface area contributed by atoms with Gasteiger partial charge in [0.05, 0.1) is 5.52 Å². The number of anilines is 2. The Morgan fingerprint density at radius 1 is 0.879 bits per heavy atom. The summed E-state index contributed by atoms with van der Waals surface area (Å²) in [5.74, 6) is 2.33. The third-order valence-corrected chi connectivity index (χ3v) is 5.76. The van der Waals surface area contributed by atoms with Crippen molar-refractivity contribution >= 4 is 40.0 Å². The van der Waals surface area contributed by atoms with Crippen molar-refractivity contribution in [2.45, 2.75) is 0 Å². The van der Waals surface area contributed by atoms with Gasteiger partial charge < -0.3 is 19.9 Å². The van der Waals surface area contributed by atoms with E-state index in [9.17, 15) is 4.79 Å². The first-order chi connectivity index (χ1) is 16.2. The molecular weight excluding hydrogens is 438 g/mol. The lowest BCUT2D eigenvalue weighted by Gasteiger charge is -2.35. The molecule has 3 aromatic carbocycles. The van der Waals surface area contributed by atoms with Crippen LogP contribution in [0.1, 0.15) is 0 Å². The summed E-state index contributed by atoms with van der Waals surface area (Å²) in [7, 11) is 0. The normalized spacial score (nSPS) is 13.7. The number of hydrogen-bond acceptors (Lipinski definition) is 5. The number of nitrogens with one attached hydrogen (secondary N) is 1. The summed E-state index contributed by atoms with van der Waals surface area (Å²) in [5.41, 5.74) is 1.57. The van der Waals surface area contributed by atoms with Gasteiger partial charge in [-0.1, -0.05) is 29.8 Å². The number of aromatic nitrogens is 2. The third-order valence-electron chi connectivity index (χ3n) is 5.53. The lowest BCUT2D eigenvalue weighted by molar-refractivity contribution is 0.208. The maximum absolute atomic E-state index is 12.8. The number of ether oxygens (including phenoxy) is 1. The minimum atomic E-state index is -0.123. The van der Waals surface area contributed by atoms with Crippen LogP contribution in [0.4, 0.5) is 16.3 Å². The van der Waals surface area contributed by atoms with E-state index in [1.807, 2.05) is 72.8 Å². The molecule has 1 aliphatic rings. The Morgan fingerprint density at radius 2 is 1.61 bits per heavy atom. The Labute approximate surface area is 196 Å². The molecule has 1 fully saturated rings. The molecule has 0 atom stereocenters. The smallest absolute Gasteiger partial charge is 0.321 e. The predicted octanol–water partition coefficient (Wildman–Crippen LogP) is 5.43. The third kappa shape index (κ3) is 4.83. The van der Waals surface area contributed by atoms with Crippen molar-refractivity contribution in [2.24, 2.45) is 0 Å². The molecule has 33 heavy (non-hydrogen) atoms. The molecule has 8 heteroatoms. The van der Waals surface area contributed by atoms with Crippen LogP contribution >= 0.6 is 11.6 Å². The fraction of sp³-hybridized carbons (Fsp3) is 0.160. The summed E-state index contributed by atoms with van der Waals surface area (Å²) in [6.45, 7) is 2.53. The van der Waals surface area contributed by atoms with E-state index in [1.54, 1.807) is 11.2 Å². The average molecular weight is 460 g/mol. The number of fused-ring (bicyclic) bond motifs is 1. The minimum absolute atomic E-state index is 0.123. The molecule has 0 bridgehead atoms. The molecule has 4 aromatic rings. The van der Waals surface area contributed by atoms with Crippen LogP contribution in [0.5, 0.6) is 11.5 Å². The van der Waals surface area contributed by atoms with E-state index < -0.39 is 0 Å². The second-order valence-electron chi connectivity index (χ2n) is 7.70. The van der Waals surface area contributed by atoms with E-state index in [0.29, 0.717) is 37.0 Å². The molecule has 0 spiro atoms. The number of carbonyl (C=O) groups excluding carboxylic acids is 1. The molecule has 0 aliphatic carbocycles. The monoisotopic (exact) mass is 459 g/mol. The topological polar surface area (TPSA) is 70.6 Å². The van der Waals surface area contributed by atoms with Gasteiger partial charge in [0.15, 0.2) is 0 Å². The van der Waals surface area contributed by atoms with Gasteiger partial charge in [0.1, 0.15) is 23.6 Å². The van der Waals surface area contributed by atoms with Crippen LogP contribution in [0, 0.1) is 0 Å². The molecule has 1 aromatic heterocycles. The van der Waals surface area contributed by atoms with E-state index in [1.165, 1.54) is 0 Å². The number of halogens is 1. The van der Waals surface area contributed by atoms with Crippen molar-refractivity contribution in [1.29, 1.82) is 0 Å². The Hall–Kier alpha value is -3.84. The fourth-order valence-electron chi connectivity index (χ4n) is 3.82. The summed E-state index contributed by atoms with van der Waals surface area (Å²) in [6, 6.07) is 22.4. The van der Waals surface area contributed by atoms with E-state index in [4.69, 9.17) is 16.3 Å². The molecule has 1 saturated heterocycles. The van der Waals surface area contributed by atoms with E-state index in [2.05, 4.69) is 20.2 Å². The molecule has 1 aliphatic heterocycles. The van der Waals surface area contributed by atoms with E-state index in [-0.39, 0.29) is 6.03 Å². The average Bonchev–Trinajstić information content (AvgIpc) is 2.85. The summed E-state index contributed by atoms with van der Waals surface area (Å²) >= 11 is 6.18. The van der Waals surface area contributed by atoms with Crippen LogP contribution in [-0.4, -0.2) is 47.1 Å². The van der Waals surface area contributed by atoms with Gasteiger partial charge in [-0.2, -0.15) is 0 Å². The van der Waals surface area contributed by atoms with Crippen molar-refractivity contribution in [3.63, 3.8) is 0 Å². The number of benzene rings is 3. The van der Waals surface area contributed by atoms with Gasteiger partial charge in [-0.15, -0.1) is 0 Å². The Morgan fingerprint density at radius 3 is 2.36 bits per heavy atom. The number of urea groups is 1. The van der Waals surface area contributed by atoms with Crippen LogP contribution in [0.3, 0.4) is 0 Å². The standard InChI is InChI=1S/C25H22ClN5O2/c26-18-6-11-23-22(16-18)24(28-17-27-23)30-12-14-31(15-13-30)25(32)29-19-7-9-21(10-8-19)33-20-4-2-1-3-5-20/h1-11,16-17H,12-15H2,(H,29,32). The van der Waals surface area contributed by atoms with E-state index in [0.717, 1.165) is 28.2 Å². The summed E-state index contributed by atoms with van der Waals surface area (Å²) in [4.78, 5) is 25.5. The van der Waals surface area contributed by atoms with Gasteiger partial charge >= 0.3 is 6.03 Å². The van der Waals surface area contributed by atoms with Crippen LogP contribution in [0.15, 0.2) is 79.1 Å². The first-order valence-electron chi connectivity index (χ1n) is 10.7. The quantitative estimate of drug-likeness (QED) is 0.440. The highest BCUT2D eigenvalue weighted by Crippen LogP contribution is 2.27. The van der Waals surface area contributed by atoms with Gasteiger partial charge in [-0.05, 0) is 54.6 Å². The lowest BCUT2D eigenvalue weighted by atomic mass is 10.2. The first-order valence-corrected chi connectivity index (χ1v) is 11.1. The van der Waals surface area contributed by atoms with Crippen molar-refractivity contribution in [2.75, 3.05) is 36.4 Å². The molecule has 166 valence electrons. The van der Waals surface area contributed by atoms with Crippen molar-refractivity contribution in [3.05, 3.63) is 84.1 Å². The molecule has 7 nitrogen and oxygen atoms in total. The molecular formula is C25H22ClN5O2. The zero-order chi connectivity index (χ0) is 22.6.